The standard InChI is InChI=1S/C16H24N2O2/c1-10(2)9-17-15(19)16(20)18-14-12(5)7-6-8-13(14)11(3)4/h6-8,10-11H,9H2,1-5H3,(H,17,19)(H,18,20). The van der Waals surface area contributed by atoms with E-state index in [0.717, 1.165) is 16.8 Å². The van der Waals surface area contributed by atoms with E-state index >= 15 is 0 Å². The number of anilines is 1. The van der Waals surface area contributed by atoms with Crippen molar-refractivity contribution in [2.45, 2.75) is 40.5 Å². The van der Waals surface area contributed by atoms with Crippen LogP contribution in [0.15, 0.2) is 18.2 Å². The van der Waals surface area contributed by atoms with E-state index in [1.807, 2.05) is 39.0 Å². The van der Waals surface area contributed by atoms with Crippen molar-refractivity contribution in [3.63, 3.8) is 0 Å². The molecule has 0 spiro atoms. The Hall–Kier alpha value is -1.84. The molecule has 110 valence electrons. The number of carbonyl (C=O) groups is 2. The highest BCUT2D eigenvalue weighted by atomic mass is 16.2. The van der Waals surface area contributed by atoms with Gasteiger partial charge in [-0.1, -0.05) is 45.9 Å². The van der Waals surface area contributed by atoms with Crippen molar-refractivity contribution in [2.75, 3.05) is 11.9 Å². The van der Waals surface area contributed by atoms with Crippen LogP contribution in [-0.2, 0) is 9.59 Å². The van der Waals surface area contributed by atoms with Gasteiger partial charge in [-0.2, -0.15) is 0 Å². The largest absolute Gasteiger partial charge is 0.348 e. The van der Waals surface area contributed by atoms with E-state index in [0.29, 0.717) is 12.5 Å². The third-order valence-electron chi connectivity index (χ3n) is 3.04. The molecule has 1 rings (SSSR count). The Morgan fingerprint density at radius 1 is 1.10 bits per heavy atom. The average molecular weight is 276 g/mol. The summed E-state index contributed by atoms with van der Waals surface area (Å²) in [5.74, 6) is -0.598. The lowest BCUT2D eigenvalue weighted by molar-refractivity contribution is -0.136. The van der Waals surface area contributed by atoms with E-state index in [2.05, 4.69) is 24.5 Å². The fraction of sp³-hybridized carbons (Fsp3) is 0.500. The minimum absolute atomic E-state index is 0.281. The predicted octanol–water partition coefficient (Wildman–Crippen LogP) is 2.83. The molecule has 0 radical (unpaired) electrons. The van der Waals surface area contributed by atoms with Crippen molar-refractivity contribution < 1.29 is 9.59 Å². The Kier molecular flexibility index (Phi) is 5.74. The molecule has 2 N–H and O–H groups in total. The molecule has 1 aromatic carbocycles. The van der Waals surface area contributed by atoms with E-state index < -0.39 is 11.8 Å². The molecular weight excluding hydrogens is 252 g/mol. The fourth-order valence-corrected chi connectivity index (χ4v) is 1.89. The molecule has 0 bridgehead atoms. The number of para-hydroxylation sites is 1. The lowest BCUT2D eigenvalue weighted by atomic mass is 9.98. The molecule has 0 atom stereocenters. The molecule has 0 aliphatic carbocycles. The van der Waals surface area contributed by atoms with Crippen molar-refractivity contribution in [1.29, 1.82) is 0 Å². The average Bonchev–Trinajstić information content (AvgIpc) is 2.37. The minimum atomic E-state index is -0.609. The summed E-state index contributed by atoms with van der Waals surface area (Å²) in [6.07, 6.45) is 0. The number of hydrogen-bond acceptors (Lipinski definition) is 2. The number of benzene rings is 1. The van der Waals surface area contributed by atoms with Gasteiger partial charge in [-0.05, 0) is 29.9 Å². The first-order valence-corrected chi connectivity index (χ1v) is 7.01. The molecule has 0 saturated carbocycles. The van der Waals surface area contributed by atoms with Gasteiger partial charge >= 0.3 is 11.8 Å². The second-order valence-electron chi connectivity index (χ2n) is 5.75. The van der Waals surface area contributed by atoms with Gasteiger partial charge in [0.1, 0.15) is 0 Å². The van der Waals surface area contributed by atoms with E-state index in [1.54, 1.807) is 0 Å². The minimum Gasteiger partial charge on any atom is -0.348 e. The van der Waals surface area contributed by atoms with Gasteiger partial charge in [-0.25, -0.2) is 0 Å². The summed E-state index contributed by atoms with van der Waals surface area (Å²) in [4.78, 5) is 23.7. The first kappa shape index (κ1) is 16.2. The summed E-state index contributed by atoms with van der Waals surface area (Å²) in [5.41, 5.74) is 2.74. The molecular formula is C16H24N2O2. The third kappa shape index (κ3) is 4.37. The fourth-order valence-electron chi connectivity index (χ4n) is 1.89. The van der Waals surface area contributed by atoms with Gasteiger partial charge in [0.15, 0.2) is 0 Å². The van der Waals surface area contributed by atoms with Crippen LogP contribution in [-0.4, -0.2) is 18.4 Å². The maximum absolute atomic E-state index is 11.9. The van der Waals surface area contributed by atoms with Crippen molar-refractivity contribution >= 4 is 17.5 Å². The Bertz CT molecular complexity index is 493. The Balaban J connectivity index is 2.83. The number of amides is 2. The number of carbonyl (C=O) groups excluding carboxylic acids is 2. The molecule has 0 saturated heterocycles. The van der Waals surface area contributed by atoms with Crippen molar-refractivity contribution in [1.82, 2.24) is 5.32 Å². The third-order valence-corrected chi connectivity index (χ3v) is 3.04. The highest BCUT2D eigenvalue weighted by molar-refractivity contribution is 6.39. The van der Waals surface area contributed by atoms with Crippen molar-refractivity contribution in [3.05, 3.63) is 29.3 Å². The smallest absolute Gasteiger partial charge is 0.313 e. The summed E-state index contributed by atoms with van der Waals surface area (Å²) >= 11 is 0. The molecule has 0 unspecified atom stereocenters. The summed E-state index contributed by atoms with van der Waals surface area (Å²) in [6.45, 7) is 10.5. The van der Waals surface area contributed by atoms with Crippen LogP contribution in [0.1, 0.15) is 44.7 Å². The van der Waals surface area contributed by atoms with Crippen LogP contribution in [0, 0.1) is 12.8 Å². The van der Waals surface area contributed by atoms with Gasteiger partial charge in [0.05, 0.1) is 0 Å². The monoisotopic (exact) mass is 276 g/mol. The Labute approximate surface area is 121 Å². The van der Waals surface area contributed by atoms with Gasteiger partial charge in [0, 0.05) is 12.2 Å². The van der Waals surface area contributed by atoms with Crippen LogP contribution >= 0.6 is 0 Å². The van der Waals surface area contributed by atoms with Crippen LogP contribution in [0.3, 0.4) is 0 Å². The summed E-state index contributed by atoms with van der Waals surface area (Å²) in [7, 11) is 0. The van der Waals surface area contributed by atoms with Gasteiger partial charge < -0.3 is 10.6 Å². The molecule has 4 nitrogen and oxygen atoms in total. The van der Waals surface area contributed by atoms with Gasteiger partial charge in [-0.15, -0.1) is 0 Å². The first-order chi connectivity index (χ1) is 9.32. The number of nitrogens with one attached hydrogen (secondary N) is 2. The quantitative estimate of drug-likeness (QED) is 0.831. The van der Waals surface area contributed by atoms with Crippen LogP contribution in [0.4, 0.5) is 5.69 Å². The molecule has 0 aromatic heterocycles. The number of hydrogen-bond donors (Lipinski definition) is 2. The lowest BCUT2D eigenvalue weighted by Crippen LogP contribution is -2.37. The van der Waals surface area contributed by atoms with Crippen molar-refractivity contribution in [3.8, 4) is 0 Å². The van der Waals surface area contributed by atoms with Crippen LogP contribution in [0.5, 0.6) is 0 Å². The summed E-state index contributed by atoms with van der Waals surface area (Å²) in [6, 6.07) is 5.85. The second kappa shape index (κ2) is 7.08. The first-order valence-electron chi connectivity index (χ1n) is 7.01. The van der Waals surface area contributed by atoms with Crippen molar-refractivity contribution in [2.24, 2.45) is 5.92 Å². The van der Waals surface area contributed by atoms with E-state index in [4.69, 9.17) is 0 Å². The normalized spacial score (nSPS) is 10.8. The number of aryl methyl sites for hydroxylation is 1. The SMILES string of the molecule is Cc1cccc(C(C)C)c1NC(=O)C(=O)NCC(C)C. The predicted molar refractivity (Wildman–Crippen MR) is 81.7 cm³/mol. The highest BCUT2D eigenvalue weighted by Gasteiger charge is 2.17. The van der Waals surface area contributed by atoms with Crippen LogP contribution in [0.25, 0.3) is 0 Å². The molecule has 4 heteroatoms. The molecule has 0 aliphatic heterocycles. The zero-order valence-electron chi connectivity index (χ0n) is 12.9. The zero-order valence-corrected chi connectivity index (χ0v) is 12.9. The molecule has 0 heterocycles. The Morgan fingerprint density at radius 3 is 2.30 bits per heavy atom. The maximum Gasteiger partial charge on any atom is 0.313 e. The van der Waals surface area contributed by atoms with Crippen LogP contribution in [0.2, 0.25) is 0 Å². The number of rotatable bonds is 4. The highest BCUT2D eigenvalue weighted by Crippen LogP contribution is 2.27. The maximum atomic E-state index is 11.9. The Morgan fingerprint density at radius 2 is 1.75 bits per heavy atom. The summed E-state index contributed by atoms with van der Waals surface area (Å²) < 4.78 is 0. The second-order valence-corrected chi connectivity index (χ2v) is 5.75. The summed E-state index contributed by atoms with van der Waals surface area (Å²) in [5, 5.41) is 5.35. The molecule has 0 aliphatic rings. The topological polar surface area (TPSA) is 58.2 Å². The van der Waals surface area contributed by atoms with E-state index in [-0.39, 0.29) is 5.92 Å². The zero-order chi connectivity index (χ0) is 15.3. The van der Waals surface area contributed by atoms with E-state index in [1.165, 1.54) is 0 Å². The van der Waals surface area contributed by atoms with Gasteiger partial charge in [-0.3, -0.25) is 9.59 Å². The molecule has 2 amide bonds. The van der Waals surface area contributed by atoms with Crippen LogP contribution < -0.4 is 10.6 Å². The van der Waals surface area contributed by atoms with Gasteiger partial charge in [0.25, 0.3) is 0 Å². The van der Waals surface area contributed by atoms with Gasteiger partial charge in [0.2, 0.25) is 0 Å². The molecule has 0 fully saturated rings. The van der Waals surface area contributed by atoms with E-state index in [9.17, 15) is 9.59 Å². The lowest BCUT2D eigenvalue weighted by Gasteiger charge is -2.16. The molecule has 20 heavy (non-hydrogen) atoms. The molecule has 1 aromatic rings.